The van der Waals surface area contributed by atoms with E-state index in [0.717, 1.165) is 22.2 Å². The predicted octanol–water partition coefficient (Wildman–Crippen LogP) is 5.51. The van der Waals surface area contributed by atoms with Crippen molar-refractivity contribution in [2.45, 2.75) is 39.5 Å². The van der Waals surface area contributed by atoms with Crippen molar-refractivity contribution in [3.8, 4) is 0 Å². The van der Waals surface area contributed by atoms with Crippen molar-refractivity contribution in [2.75, 3.05) is 0 Å². The Labute approximate surface area is 154 Å². The van der Waals surface area contributed by atoms with Gasteiger partial charge in [0.05, 0.1) is 0 Å². The Kier molecular flexibility index (Phi) is 5.52. The van der Waals surface area contributed by atoms with E-state index in [1.165, 1.54) is 10.8 Å². The van der Waals surface area contributed by atoms with E-state index in [4.69, 9.17) is 0 Å². The van der Waals surface area contributed by atoms with Gasteiger partial charge in [-0.2, -0.15) is 0 Å². The van der Waals surface area contributed by atoms with E-state index in [1.807, 2.05) is 43.1 Å². The topological polar surface area (TPSA) is 51.6 Å². The molecule has 26 heavy (non-hydrogen) atoms. The van der Waals surface area contributed by atoms with E-state index in [1.54, 1.807) is 6.20 Å². The summed E-state index contributed by atoms with van der Waals surface area (Å²) >= 11 is 0. The second-order valence-corrected chi connectivity index (χ2v) is 6.97. The summed E-state index contributed by atoms with van der Waals surface area (Å²) in [6.07, 6.45) is 11.1. The normalized spacial score (nSPS) is 11.0. The van der Waals surface area contributed by atoms with Crippen LogP contribution in [-0.4, -0.2) is 19.9 Å². The lowest BCUT2D eigenvalue weighted by Gasteiger charge is -2.04. The van der Waals surface area contributed by atoms with Crippen molar-refractivity contribution in [2.24, 2.45) is 0 Å². The van der Waals surface area contributed by atoms with Gasteiger partial charge in [-0.25, -0.2) is 0 Å². The molecule has 4 heterocycles. The molecule has 0 unspecified atom stereocenters. The average Bonchev–Trinajstić information content (AvgIpc) is 2.67. The monoisotopic (exact) mass is 344 g/mol. The molecule has 0 aromatic carbocycles. The first kappa shape index (κ1) is 17.9. The molecule has 4 aromatic heterocycles. The molecule has 0 atom stereocenters. The Morgan fingerprint density at radius 1 is 0.577 bits per heavy atom. The lowest BCUT2D eigenvalue weighted by atomic mass is 10.1. The molecular formula is C22H24N4. The zero-order valence-electron chi connectivity index (χ0n) is 15.7. The average molecular weight is 344 g/mol. The first-order valence-corrected chi connectivity index (χ1v) is 8.94. The number of hydrogen-bond donors (Lipinski definition) is 0. The molecule has 0 saturated heterocycles. The number of nitrogens with zero attached hydrogens (tertiary/aromatic N) is 4. The predicted molar refractivity (Wildman–Crippen MR) is 107 cm³/mol. The molecule has 4 rings (SSSR count). The van der Waals surface area contributed by atoms with E-state index < -0.39 is 0 Å². The van der Waals surface area contributed by atoms with Crippen LogP contribution in [0.5, 0.6) is 0 Å². The van der Waals surface area contributed by atoms with Gasteiger partial charge in [-0.1, -0.05) is 27.7 Å². The van der Waals surface area contributed by atoms with Crippen molar-refractivity contribution in [1.82, 2.24) is 19.9 Å². The molecule has 0 spiro atoms. The Morgan fingerprint density at radius 3 is 1.69 bits per heavy atom. The maximum atomic E-state index is 4.38. The van der Waals surface area contributed by atoms with Gasteiger partial charge in [0.1, 0.15) is 0 Å². The van der Waals surface area contributed by atoms with Crippen molar-refractivity contribution in [3.63, 3.8) is 0 Å². The van der Waals surface area contributed by atoms with E-state index in [-0.39, 0.29) is 0 Å². The van der Waals surface area contributed by atoms with Crippen LogP contribution in [0.1, 0.15) is 50.9 Å². The summed E-state index contributed by atoms with van der Waals surface area (Å²) in [7, 11) is 0. The summed E-state index contributed by atoms with van der Waals surface area (Å²) in [6, 6.07) is 8.23. The van der Waals surface area contributed by atoms with Gasteiger partial charge in [-0.05, 0) is 41.5 Å². The fraction of sp³-hybridized carbons (Fsp3) is 0.273. The van der Waals surface area contributed by atoms with Crippen LogP contribution in [0.15, 0.2) is 61.4 Å². The maximum absolute atomic E-state index is 4.38. The van der Waals surface area contributed by atoms with Gasteiger partial charge in [-0.15, -0.1) is 0 Å². The Morgan fingerprint density at radius 2 is 1.08 bits per heavy atom. The summed E-state index contributed by atoms with van der Waals surface area (Å²) < 4.78 is 0. The molecule has 0 saturated carbocycles. The molecule has 0 N–H and O–H groups in total. The fourth-order valence-electron chi connectivity index (χ4n) is 2.63. The molecule has 0 aliphatic heterocycles. The molecule has 0 amide bonds. The Balaban J connectivity index is 0.000000151. The SMILES string of the molecule is CC(C)c1cc2ccncc2cn1.CC(C)c1cc2cnccc2cn1. The van der Waals surface area contributed by atoms with Crippen LogP contribution < -0.4 is 0 Å². The van der Waals surface area contributed by atoms with Crippen LogP contribution in [0.25, 0.3) is 21.5 Å². The number of rotatable bonds is 2. The van der Waals surface area contributed by atoms with Crippen molar-refractivity contribution in [3.05, 3.63) is 72.8 Å². The van der Waals surface area contributed by atoms with Crippen LogP contribution in [-0.2, 0) is 0 Å². The molecule has 0 aliphatic carbocycles. The summed E-state index contributed by atoms with van der Waals surface area (Å²) in [6.45, 7) is 8.58. The summed E-state index contributed by atoms with van der Waals surface area (Å²) in [5.74, 6) is 0.960. The molecular weight excluding hydrogens is 320 g/mol. The number of pyridine rings is 4. The second kappa shape index (κ2) is 8.00. The molecule has 4 aromatic rings. The van der Waals surface area contributed by atoms with Crippen LogP contribution in [0, 0.1) is 0 Å². The second-order valence-electron chi connectivity index (χ2n) is 6.97. The summed E-state index contributed by atoms with van der Waals surface area (Å²) in [5.41, 5.74) is 2.26. The van der Waals surface area contributed by atoms with E-state index in [9.17, 15) is 0 Å². The molecule has 0 radical (unpaired) electrons. The molecule has 132 valence electrons. The van der Waals surface area contributed by atoms with Crippen molar-refractivity contribution >= 4 is 21.5 Å². The minimum atomic E-state index is 0.476. The first-order valence-electron chi connectivity index (χ1n) is 8.94. The zero-order chi connectivity index (χ0) is 18.5. The third-order valence-corrected chi connectivity index (χ3v) is 4.27. The quantitative estimate of drug-likeness (QED) is 0.481. The van der Waals surface area contributed by atoms with Gasteiger partial charge in [0.25, 0.3) is 0 Å². The van der Waals surface area contributed by atoms with Gasteiger partial charge in [0, 0.05) is 64.7 Å². The number of fused-ring (bicyclic) bond motifs is 2. The smallest absolute Gasteiger partial charge is 0.0435 e. The molecule has 4 nitrogen and oxygen atoms in total. The highest BCUT2D eigenvalue weighted by molar-refractivity contribution is 5.81. The summed E-state index contributed by atoms with van der Waals surface area (Å²) in [4.78, 5) is 16.9. The highest BCUT2D eigenvalue weighted by Gasteiger charge is 2.02. The van der Waals surface area contributed by atoms with Gasteiger partial charge in [0.2, 0.25) is 0 Å². The van der Waals surface area contributed by atoms with Crippen LogP contribution in [0.2, 0.25) is 0 Å². The highest BCUT2D eigenvalue weighted by atomic mass is 14.7. The Hall–Kier alpha value is -2.88. The third kappa shape index (κ3) is 4.20. The van der Waals surface area contributed by atoms with Gasteiger partial charge in [-0.3, -0.25) is 19.9 Å². The third-order valence-electron chi connectivity index (χ3n) is 4.27. The van der Waals surface area contributed by atoms with E-state index in [0.29, 0.717) is 11.8 Å². The van der Waals surface area contributed by atoms with Gasteiger partial charge >= 0.3 is 0 Å². The van der Waals surface area contributed by atoms with Crippen LogP contribution in [0.3, 0.4) is 0 Å². The first-order chi connectivity index (χ1) is 12.5. The summed E-state index contributed by atoms with van der Waals surface area (Å²) in [5, 5.41) is 4.64. The van der Waals surface area contributed by atoms with Crippen molar-refractivity contribution in [1.29, 1.82) is 0 Å². The van der Waals surface area contributed by atoms with Crippen LogP contribution in [0.4, 0.5) is 0 Å². The lowest BCUT2D eigenvalue weighted by molar-refractivity contribution is 0.826. The lowest BCUT2D eigenvalue weighted by Crippen LogP contribution is -1.91. The van der Waals surface area contributed by atoms with Gasteiger partial charge < -0.3 is 0 Å². The number of hydrogen-bond acceptors (Lipinski definition) is 4. The van der Waals surface area contributed by atoms with E-state index in [2.05, 4.69) is 59.8 Å². The minimum absolute atomic E-state index is 0.476. The molecule has 0 fully saturated rings. The number of aromatic nitrogens is 4. The fourth-order valence-corrected chi connectivity index (χ4v) is 2.63. The van der Waals surface area contributed by atoms with Crippen LogP contribution >= 0.6 is 0 Å². The maximum Gasteiger partial charge on any atom is 0.0435 e. The molecule has 4 heteroatoms. The van der Waals surface area contributed by atoms with E-state index >= 15 is 0 Å². The largest absolute Gasteiger partial charge is 0.264 e. The minimum Gasteiger partial charge on any atom is -0.264 e. The van der Waals surface area contributed by atoms with Gasteiger partial charge in [0.15, 0.2) is 0 Å². The molecule has 0 bridgehead atoms. The highest BCUT2D eigenvalue weighted by Crippen LogP contribution is 2.18. The van der Waals surface area contributed by atoms with Crippen molar-refractivity contribution < 1.29 is 0 Å². The Bertz CT molecular complexity index is 925. The molecule has 0 aliphatic rings. The standard InChI is InChI=1S/2C11H12N2/c1-8(2)11-5-10-6-12-4-3-9(10)7-13-11;1-8(2)11-5-9-3-4-12-6-10(9)7-13-11/h2*3-8H,1-2H3. The zero-order valence-corrected chi connectivity index (χ0v) is 15.7.